The van der Waals surface area contributed by atoms with Gasteiger partial charge in [-0.1, -0.05) is 36.7 Å². The SMILES string of the molecule is CCC(COC)NC(=O)c1sc2ccccc2c1Cl. The quantitative estimate of drug-likeness (QED) is 0.913. The number of carbonyl (C=O) groups is 1. The molecule has 1 heterocycles. The molecule has 0 bridgehead atoms. The van der Waals surface area contributed by atoms with E-state index in [-0.39, 0.29) is 11.9 Å². The Morgan fingerprint density at radius 3 is 2.84 bits per heavy atom. The van der Waals surface area contributed by atoms with Gasteiger partial charge in [-0.2, -0.15) is 0 Å². The lowest BCUT2D eigenvalue weighted by molar-refractivity contribution is 0.0899. The lowest BCUT2D eigenvalue weighted by Gasteiger charge is -2.15. The molecule has 1 amide bonds. The van der Waals surface area contributed by atoms with Crippen LogP contribution in [0.3, 0.4) is 0 Å². The van der Waals surface area contributed by atoms with Gasteiger partial charge < -0.3 is 10.1 Å². The number of thiophene rings is 1. The molecule has 1 N–H and O–H groups in total. The molecule has 2 aromatic rings. The zero-order valence-electron chi connectivity index (χ0n) is 10.9. The van der Waals surface area contributed by atoms with Gasteiger partial charge in [0, 0.05) is 17.2 Å². The maximum Gasteiger partial charge on any atom is 0.263 e. The van der Waals surface area contributed by atoms with Crippen molar-refractivity contribution in [2.75, 3.05) is 13.7 Å². The Bertz CT molecular complexity index is 582. The van der Waals surface area contributed by atoms with E-state index >= 15 is 0 Å². The van der Waals surface area contributed by atoms with Crippen LogP contribution in [0.1, 0.15) is 23.0 Å². The Morgan fingerprint density at radius 2 is 2.21 bits per heavy atom. The molecule has 0 aliphatic heterocycles. The third-order valence-corrected chi connectivity index (χ3v) is 4.61. The van der Waals surface area contributed by atoms with Crippen LogP contribution in [0.15, 0.2) is 24.3 Å². The van der Waals surface area contributed by atoms with Gasteiger partial charge >= 0.3 is 0 Å². The minimum Gasteiger partial charge on any atom is -0.383 e. The highest BCUT2D eigenvalue weighted by atomic mass is 35.5. The molecule has 0 saturated heterocycles. The Labute approximate surface area is 121 Å². The maximum atomic E-state index is 12.2. The summed E-state index contributed by atoms with van der Waals surface area (Å²) in [5, 5.41) is 4.41. The van der Waals surface area contributed by atoms with Gasteiger partial charge in [-0.05, 0) is 12.5 Å². The molecule has 0 spiro atoms. The van der Waals surface area contributed by atoms with Gasteiger partial charge in [0.05, 0.1) is 17.7 Å². The fourth-order valence-corrected chi connectivity index (χ4v) is 3.29. The number of fused-ring (bicyclic) bond motifs is 1. The van der Waals surface area contributed by atoms with Crippen molar-refractivity contribution in [3.8, 4) is 0 Å². The van der Waals surface area contributed by atoms with Crippen LogP contribution in [-0.4, -0.2) is 25.7 Å². The molecule has 5 heteroatoms. The summed E-state index contributed by atoms with van der Waals surface area (Å²) in [4.78, 5) is 12.8. The first-order chi connectivity index (χ1) is 9.17. The van der Waals surface area contributed by atoms with E-state index in [4.69, 9.17) is 16.3 Å². The normalized spacial score (nSPS) is 12.6. The van der Waals surface area contributed by atoms with E-state index in [1.54, 1.807) is 7.11 Å². The number of hydrogen-bond acceptors (Lipinski definition) is 3. The highest BCUT2D eigenvalue weighted by molar-refractivity contribution is 7.21. The van der Waals surface area contributed by atoms with Crippen molar-refractivity contribution in [1.29, 1.82) is 0 Å². The van der Waals surface area contributed by atoms with Gasteiger partial charge in [-0.15, -0.1) is 11.3 Å². The smallest absolute Gasteiger partial charge is 0.263 e. The van der Waals surface area contributed by atoms with Crippen molar-refractivity contribution in [3.05, 3.63) is 34.2 Å². The maximum absolute atomic E-state index is 12.2. The highest BCUT2D eigenvalue weighted by Gasteiger charge is 2.19. The van der Waals surface area contributed by atoms with E-state index in [9.17, 15) is 4.79 Å². The molecule has 1 aromatic heterocycles. The van der Waals surface area contributed by atoms with Gasteiger partial charge in [-0.25, -0.2) is 0 Å². The third kappa shape index (κ3) is 3.08. The molecule has 2 rings (SSSR count). The topological polar surface area (TPSA) is 38.3 Å². The van der Waals surface area contributed by atoms with Gasteiger partial charge in [0.1, 0.15) is 4.88 Å². The van der Waals surface area contributed by atoms with Crippen molar-refractivity contribution < 1.29 is 9.53 Å². The summed E-state index contributed by atoms with van der Waals surface area (Å²) in [6, 6.07) is 7.77. The molecule has 0 fully saturated rings. The van der Waals surface area contributed by atoms with Gasteiger partial charge in [-0.3, -0.25) is 4.79 Å². The number of benzene rings is 1. The van der Waals surface area contributed by atoms with Crippen LogP contribution in [0.5, 0.6) is 0 Å². The van der Waals surface area contributed by atoms with Gasteiger partial charge in [0.25, 0.3) is 5.91 Å². The zero-order valence-corrected chi connectivity index (χ0v) is 12.5. The van der Waals surface area contributed by atoms with E-state index < -0.39 is 0 Å². The van der Waals surface area contributed by atoms with Gasteiger partial charge in [0.15, 0.2) is 0 Å². The number of ether oxygens (including phenoxy) is 1. The molecular formula is C14H16ClNO2S. The van der Waals surface area contributed by atoms with Crippen LogP contribution in [0.25, 0.3) is 10.1 Å². The largest absolute Gasteiger partial charge is 0.383 e. The molecule has 1 atom stereocenters. The van der Waals surface area contributed by atoms with Crippen LogP contribution >= 0.6 is 22.9 Å². The van der Waals surface area contributed by atoms with Crippen LogP contribution in [0.4, 0.5) is 0 Å². The first-order valence-electron chi connectivity index (χ1n) is 6.14. The van der Waals surface area contributed by atoms with Crippen molar-refractivity contribution in [3.63, 3.8) is 0 Å². The molecule has 3 nitrogen and oxygen atoms in total. The monoisotopic (exact) mass is 297 g/mol. The highest BCUT2D eigenvalue weighted by Crippen LogP contribution is 2.35. The predicted octanol–water partition coefficient (Wildman–Crippen LogP) is 3.71. The summed E-state index contributed by atoms with van der Waals surface area (Å²) in [5.74, 6) is -0.130. The summed E-state index contributed by atoms with van der Waals surface area (Å²) in [5.41, 5.74) is 0. The Hall–Kier alpha value is -1.10. The lowest BCUT2D eigenvalue weighted by atomic mass is 10.2. The number of rotatable bonds is 5. The van der Waals surface area contributed by atoms with Crippen molar-refractivity contribution in [2.45, 2.75) is 19.4 Å². The van der Waals surface area contributed by atoms with Crippen molar-refractivity contribution >= 4 is 38.9 Å². The molecule has 102 valence electrons. The van der Waals surface area contributed by atoms with Crippen LogP contribution in [0.2, 0.25) is 5.02 Å². The van der Waals surface area contributed by atoms with E-state index in [1.807, 2.05) is 31.2 Å². The molecule has 19 heavy (non-hydrogen) atoms. The molecule has 1 unspecified atom stereocenters. The average molecular weight is 298 g/mol. The zero-order chi connectivity index (χ0) is 13.8. The first kappa shape index (κ1) is 14.3. The molecule has 0 radical (unpaired) electrons. The number of methoxy groups -OCH3 is 1. The Morgan fingerprint density at radius 1 is 1.47 bits per heavy atom. The Kier molecular flexibility index (Phi) is 4.80. The van der Waals surface area contributed by atoms with Crippen LogP contribution in [-0.2, 0) is 4.74 Å². The first-order valence-corrected chi connectivity index (χ1v) is 7.33. The van der Waals surface area contributed by atoms with E-state index in [0.29, 0.717) is 16.5 Å². The fraction of sp³-hybridized carbons (Fsp3) is 0.357. The summed E-state index contributed by atoms with van der Waals surface area (Å²) >= 11 is 7.69. The number of halogens is 1. The second-order valence-corrected chi connectivity index (χ2v) is 5.71. The predicted molar refractivity (Wildman–Crippen MR) is 80.3 cm³/mol. The van der Waals surface area contributed by atoms with E-state index in [1.165, 1.54) is 11.3 Å². The average Bonchev–Trinajstić information content (AvgIpc) is 2.76. The van der Waals surface area contributed by atoms with Crippen LogP contribution in [0, 0.1) is 0 Å². The standard InChI is InChI=1S/C14H16ClNO2S/c1-3-9(8-18-2)16-14(17)13-12(15)10-6-4-5-7-11(10)19-13/h4-7,9H,3,8H2,1-2H3,(H,16,17). The number of carbonyl (C=O) groups excluding carboxylic acids is 1. The third-order valence-electron chi connectivity index (χ3n) is 2.94. The minimum absolute atomic E-state index is 0.0128. The van der Waals surface area contributed by atoms with E-state index in [2.05, 4.69) is 5.32 Å². The second-order valence-electron chi connectivity index (χ2n) is 4.28. The molecule has 0 aliphatic rings. The number of amides is 1. The molecular weight excluding hydrogens is 282 g/mol. The molecule has 0 aliphatic carbocycles. The number of hydrogen-bond donors (Lipinski definition) is 1. The fourth-order valence-electron chi connectivity index (χ4n) is 1.87. The van der Waals surface area contributed by atoms with Crippen LogP contribution < -0.4 is 5.32 Å². The molecule has 1 aromatic carbocycles. The van der Waals surface area contributed by atoms with Crippen molar-refractivity contribution in [2.24, 2.45) is 0 Å². The second kappa shape index (κ2) is 6.37. The summed E-state index contributed by atoms with van der Waals surface area (Å²) in [6.07, 6.45) is 0.822. The summed E-state index contributed by atoms with van der Waals surface area (Å²) in [6.45, 7) is 2.52. The number of nitrogens with one attached hydrogen (secondary N) is 1. The lowest BCUT2D eigenvalue weighted by Crippen LogP contribution is -2.37. The summed E-state index contributed by atoms with van der Waals surface area (Å²) < 4.78 is 6.10. The Balaban J connectivity index is 2.24. The van der Waals surface area contributed by atoms with Crippen molar-refractivity contribution in [1.82, 2.24) is 5.32 Å². The van der Waals surface area contributed by atoms with Gasteiger partial charge in [0.2, 0.25) is 0 Å². The molecule has 0 saturated carbocycles. The minimum atomic E-state index is -0.130. The van der Waals surface area contributed by atoms with E-state index in [0.717, 1.165) is 16.5 Å². The summed E-state index contributed by atoms with van der Waals surface area (Å²) in [7, 11) is 1.63.